The molecule has 1 aromatic rings. The summed E-state index contributed by atoms with van der Waals surface area (Å²) in [5, 5.41) is 6.90. The second-order valence-corrected chi connectivity index (χ2v) is 2.73. The van der Waals surface area contributed by atoms with Crippen LogP contribution >= 0.6 is 0 Å². The van der Waals surface area contributed by atoms with E-state index in [9.17, 15) is 0 Å². The van der Waals surface area contributed by atoms with Crippen molar-refractivity contribution in [2.45, 2.75) is 18.8 Å². The lowest BCUT2D eigenvalue weighted by molar-refractivity contribution is 0.319. The summed E-state index contributed by atoms with van der Waals surface area (Å²) in [6, 6.07) is 1.95. The van der Waals surface area contributed by atoms with Gasteiger partial charge in [0.2, 0.25) is 0 Å². The van der Waals surface area contributed by atoms with Gasteiger partial charge in [-0.2, -0.15) is 5.10 Å². The van der Waals surface area contributed by atoms with Gasteiger partial charge in [0.25, 0.3) is 0 Å². The second-order valence-electron chi connectivity index (χ2n) is 2.73. The molecule has 1 aliphatic carbocycles. The van der Waals surface area contributed by atoms with Gasteiger partial charge in [0.15, 0.2) is 5.82 Å². The standard InChI is InChI=1S/C7H10N3O/c1-11-10-7-4-6(8-9-7)5-2-3-5/h4-5H,1-3H2,(H2,8,9,10). The van der Waals surface area contributed by atoms with Crippen molar-refractivity contribution in [2.75, 3.05) is 5.48 Å². The highest BCUT2D eigenvalue weighted by Crippen LogP contribution is 2.39. The van der Waals surface area contributed by atoms with E-state index in [4.69, 9.17) is 0 Å². The van der Waals surface area contributed by atoms with Crippen LogP contribution in [0.2, 0.25) is 0 Å². The number of aromatic nitrogens is 2. The Balaban J connectivity index is 2.06. The quantitative estimate of drug-likeness (QED) is 0.644. The summed E-state index contributed by atoms with van der Waals surface area (Å²) >= 11 is 0. The van der Waals surface area contributed by atoms with Gasteiger partial charge in [-0.05, 0) is 12.8 Å². The molecule has 1 fully saturated rings. The molecular weight excluding hydrogens is 142 g/mol. The molecule has 11 heavy (non-hydrogen) atoms. The monoisotopic (exact) mass is 152 g/mol. The van der Waals surface area contributed by atoms with Crippen LogP contribution in [0, 0.1) is 7.11 Å². The fourth-order valence-electron chi connectivity index (χ4n) is 1.07. The van der Waals surface area contributed by atoms with E-state index in [2.05, 4.69) is 27.6 Å². The molecule has 4 heteroatoms. The highest BCUT2D eigenvalue weighted by atomic mass is 16.6. The van der Waals surface area contributed by atoms with Gasteiger partial charge >= 0.3 is 0 Å². The Labute approximate surface area is 64.9 Å². The van der Waals surface area contributed by atoms with Crippen LogP contribution < -0.4 is 5.48 Å². The molecule has 0 amide bonds. The second kappa shape index (κ2) is 2.54. The number of aromatic amines is 1. The molecule has 0 spiro atoms. The van der Waals surface area contributed by atoms with E-state index in [0.29, 0.717) is 11.7 Å². The molecule has 1 saturated carbocycles. The maximum absolute atomic E-state index is 4.46. The molecule has 59 valence electrons. The van der Waals surface area contributed by atoms with Gasteiger partial charge in [-0.15, -0.1) is 0 Å². The van der Waals surface area contributed by atoms with Crippen molar-refractivity contribution in [3.8, 4) is 0 Å². The lowest BCUT2D eigenvalue weighted by atomic mass is 10.3. The number of hydrogen-bond donors (Lipinski definition) is 2. The highest BCUT2D eigenvalue weighted by Gasteiger charge is 2.25. The normalized spacial score (nSPS) is 16.8. The largest absolute Gasteiger partial charge is 0.280 e. The molecule has 1 aliphatic rings. The van der Waals surface area contributed by atoms with Gasteiger partial charge in [0.1, 0.15) is 7.11 Å². The lowest BCUT2D eigenvalue weighted by Crippen LogP contribution is -1.92. The number of hydrogen-bond acceptors (Lipinski definition) is 3. The third-order valence-corrected chi connectivity index (χ3v) is 1.79. The molecular formula is C7H10N3O. The molecule has 0 unspecified atom stereocenters. The first-order valence-corrected chi connectivity index (χ1v) is 3.62. The van der Waals surface area contributed by atoms with Crippen LogP contribution in [0.5, 0.6) is 0 Å². The number of rotatable bonds is 3. The fraction of sp³-hybridized carbons (Fsp3) is 0.429. The van der Waals surface area contributed by atoms with Crippen molar-refractivity contribution in [1.82, 2.24) is 10.2 Å². The summed E-state index contributed by atoms with van der Waals surface area (Å²) in [6.45, 7) is 0. The molecule has 1 radical (unpaired) electrons. The molecule has 0 aromatic carbocycles. The van der Waals surface area contributed by atoms with Crippen molar-refractivity contribution in [3.63, 3.8) is 0 Å². The molecule has 0 aliphatic heterocycles. The summed E-state index contributed by atoms with van der Waals surface area (Å²) in [6.07, 6.45) is 2.54. The Morgan fingerprint density at radius 1 is 1.73 bits per heavy atom. The van der Waals surface area contributed by atoms with Gasteiger partial charge in [0.05, 0.1) is 0 Å². The van der Waals surface area contributed by atoms with Gasteiger partial charge in [-0.25, -0.2) is 5.48 Å². The van der Waals surface area contributed by atoms with Crippen LogP contribution in [0.4, 0.5) is 5.82 Å². The predicted octanol–water partition coefficient (Wildman–Crippen LogP) is 1.42. The minimum Gasteiger partial charge on any atom is -0.280 e. The van der Waals surface area contributed by atoms with Crippen molar-refractivity contribution < 1.29 is 4.84 Å². The predicted molar refractivity (Wildman–Crippen MR) is 40.6 cm³/mol. The maximum Gasteiger partial charge on any atom is 0.171 e. The van der Waals surface area contributed by atoms with E-state index in [1.165, 1.54) is 18.5 Å². The average Bonchev–Trinajstić information content (AvgIpc) is 2.75. The average molecular weight is 152 g/mol. The zero-order chi connectivity index (χ0) is 7.68. The first-order valence-electron chi connectivity index (χ1n) is 3.62. The summed E-state index contributed by atoms with van der Waals surface area (Å²) in [5.74, 6) is 1.39. The summed E-state index contributed by atoms with van der Waals surface area (Å²) in [7, 11) is 3.19. The van der Waals surface area contributed by atoms with E-state index in [1.807, 2.05) is 6.07 Å². The van der Waals surface area contributed by atoms with Crippen LogP contribution in [0.25, 0.3) is 0 Å². The van der Waals surface area contributed by atoms with E-state index < -0.39 is 0 Å². The molecule has 0 atom stereocenters. The number of H-pyrrole nitrogens is 1. The minimum atomic E-state index is 0.696. The summed E-state index contributed by atoms with van der Waals surface area (Å²) in [4.78, 5) is 4.46. The molecule has 1 heterocycles. The molecule has 2 N–H and O–H groups in total. The Kier molecular flexibility index (Phi) is 1.54. The number of nitrogens with one attached hydrogen (secondary N) is 2. The van der Waals surface area contributed by atoms with Gasteiger partial charge < -0.3 is 0 Å². The SMILES string of the molecule is [CH2]ONc1cc(C2CC2)[nH]n1. The highest BCUT2D eigenvalue weighted by molar-refractivity contribution is 5.35. The fourth-order valence-corrected chi connectivity index (χ4v) is 1.07. The van der Waals surface area contributed by atoms with Gasteiger partial charge in [-0.1, -0.05) is 0 Å². The van der Waals surface area contributed by atoms with Crippen molar-refractivity contribution in [2.24, 2.45) is 0 Å². The lowest BCUT2D eigenvalue weighted by Gasteiger charge is -1.92. The van der Waals surface area contributed by atoms with Crippen molar-refractivity contribution in [3.05, 3.63) is 18.9 Å². The Hall–Kier alpha value is -1.03. The van der Waals surface area contributed by atoms with E-state index >= 15 is 0 Å². The van der Waals surface area contributed by atoms with E-state index in [1.54, 1.807) is 0 Å². The van der Waals surface area contributed by atoms with Crippen molar-refractivity contribution in [1.29, 1.82) is 0 Å². The summed E-state index contributed by atoms with van der Waals surface area (Å²) in [5.41, 5.74) is 3.74. The first-order chi connectivity index (χ1) is 5.40. The minimum absolute atomic E-state index is 0.696. The molecule has 4 nitrogen and oxygen atoms in total. The Morgan fingerprint density at radius 3 is 3.18 bits per heavy atom. The van der Waals surface area contributed by atoms with E-state index in [-0.39, 0.29) is 0 Å². The van der Waals surface area contributed by atoms with E-state index in [0.717, 1.165) is 0 Å². The Bertz CT molecular complexity index is 242. The molecule has 2 rings (SSSR count). The molecule has 0 saturated heterocycles. The third kappa shape index (κ3) is 1.35. The van der Waals surface area contributed by atoms with Crippen LogP contribution in [-0.2, 0) is 4.84 Å². The molecule has 1 aromatic heterocycles. The summed E-state index contributed by atoms with van der Waals surface area (Å²) < 4.78 is 0. The number of nitrogens with zero attached hydrogens (tertiary/aromatic N) is 1. The zero-order valence-electron chi connectivity index (χ0n) is 6.13. The molecule has 0 bridgehead atoms. The maximum atomic E-state index is 4.46. The van der Waals surface area contributed by atoms with Crippen LogP contribution in [0.3, 0.4) is 0 Å². The van der Waals surface area contributed by atoms with Crippen LogP contribution in [0.15, 0.2) is 6.07 Å². The smallest absolute Gasteiger partial charge is 0.171 e. The zero-order valence-corrected chi connectivity index (χ0v) is 6.13. The van der Waals surface area contributed by atoms with Crippen molar-refractivity contribution >= 4 is 5.82 Å². The first kappa shape index (κ1) is 6.67. The topological polar surface area (TPSA) is 49.9 Å². The van der Waals surface area contributed by atoms with Crippen LogP contribution in [-0.4, -0.2) is 10.2 Å². The Morgan fingerprint density at radius 2 is 2.55 bits per heavy atom. The third-order valence-electron chi connectivity index (χ3n) is 1.79. The number of anilines is 1. The van der Waals surface area contributed by atoms with Crippen LogP contribution in [0.1, 0.15) is 24.5 Å². The van der Waals surface area contributed by atoms with Gasteiger partial charge in [-0.3, -0.25) is 9.94 Å². The van der Waals surface area contributed by atoms with Gasteiger partial charge in [0, 0.05) is 17.7 Å².